The van der Waals surface area contributed by atoms with Gasteiger partial charge in [-0.05, 0) is 18.9 Å². The lowest BCUT2D eigenvalue weighted by Gasteiger charge is -2.27. The zero-order chi connectivity index (χ0) is 11.7. The fourth-order valence-electron chi connectivity index (χ4n) is 2.23. The molecule has 0 aliphatic carbocycles. The third-order valence-electron chi connectivity index (χ3n) is 3.11. The molecule has 88 valence electrons. The van der Waals surface area contributed by atoms with Gasteiger partial charge in [0.15, 0.2) is 0 Å². The summed E-state index contributed by atoms with van der Waals surface area (Å²) in [5.74, 6) is 0.534. The number of aryl methyl sites for hydroxylation is 2. The van der Waals surface area contributed by atoms with E-state index in [1.54, 1.807) is 0 Å². The first kappa shape index (κ1) is 11.5. The number of hydrogen-bond donors (Lipinski definition) is 0. The van der Waals surface area contributed by atoms with E-state index in [9.17, 15) is 4.79 Å². The predicted molar refractivity (Wildman–Crippen MR) is 62.4 cm³/mol. The number of rotatable bonds is 2. The van der Waals surface area contributed by atoms with Crippen LogP contribution in [0.3, 0.4) is 0 Å². The van der Waals surface area contributed by atoms with E-state index in [1.807, 2.05) is 23.6 Å². The van der Waals surface area contributed by atoms with Gasteiger partial charge in [-0.15, -0.1) is 11.6 Å². The Balaban J connectivity index is 2.17. The third-order valence-corrected chi connectivity index (χ3v) is 3.30. The molecule has 0 aromatic carbocycles. The molecule has 1 aliphatic rings. The molecule has 0 fully saturated rings. The van der Waals surface area contributed by atoms with Gasteiger partial charge in [0, 0.05) is 25.9 Å². The molecule has 0 radical (unpaired) electrons. The Morgan fingerprint density at radius 3 is 3.00 bits per heavy atom. The number of halogens is 1. The van der Waals surface area contributed by atoms with Crippen LogP contribution in [-0.4, -0.2) is 33.0 Å². The quantitative estimate of drug-likeness (QED) is 0.731. The molecule has 5 heteroatoms. The highest BCUT2D eigenvalue weighted by molar-refractivity contribution is 6.18. The van der Waals surface area contributed by atoms with Gasteiger partial charge in [-0.2, -0.15) is 5.10 Å². The number of amides is 1. The molecule has 0 unspecified atom stereocenters. The Bertz CT molecular complexity index is 414. The number of nitrogens with zero attached hydrogens (tertiary/aromatic N) is 3. The van der Waals surface area contributed by atoms with E-state index in [1.165, 1.54) is 5.56 Å². The lowest BCUT2D eigenvalue weighted by Crippen LogP contribution is -2.36. The van der Waals surface area contributed by atoms with Gasteiger partial charge in [-0.1, -0.05) is 0 Å². The second-order valence-corrected chi connectivity index (χ2v) is 4.52. The molecule has 1 amide bonds. The van der Waals surface area contributed by atoms with Gasteiger partial charge in [0.1, 0.15) is 0 Å². The van der Waals surface area contributed by atoms with E-state index in [0.29, 0.717) is 18.8 Å². The molecule has 0 N–H and O–H groups in total. The monoisotopic (exact) mass is 241 g/mol. The summed E-state index contributed by atoms with van der Waals surface area (Å²) in [7, 11) is 1.93. The van der Waals surface area contributed by atoms with Gasteiger partial charge in [0.25, 0.3) is 0 Å². The van der Waals surface area contributed by atoms with Gasteiger partial charge < -0.3 is 4.90 Å². The lowest BCUT2D eigenvalue weighted by molar-refractivity contribution is -0.131. The molecule has 1 aromatic heterocycles. The predicted octanol–water partition coefficient (Wildman–Crippen LogP) is 1.24. The maximum absolute atomic E-state index is 11.7. The summed E-state index contributed by atoms with van der Waals surface area (Å²) < 4.78 is 1.88. The topological polar surface area (TPSA) is 38.1 Å². The zero-order valence-corrected chi connectivity index (χ0v) is 10.4. The Morgan fingerprint density at radius 1 is 1.56 bits per heavy atom. The first-order chi connectivity index (χ1) is 7.63. The van der Waals surface area contributed by atoms with Crippen LogP contribution in [0.5, 0.6) is 0 Å². The minimum atomic E-state index is 0.138. The van der Waals surface area contributed by atoms with Crippen molar-refractivity contribution in [3.63, 3.8) is 0 Å². The highest BCUT2D eigenvalue weighted by Gasteiger charge is 2.24. The van der Waals surface area contributed by atoms with Crippen molar-refractivity contribution in [3.05, 3.63) is 17.0 Å². The smallest absolute Gasteiger partial charge is 0.224 e. The molecular formula is C11H16ClN3O. The summed E-state index contributed by atoms with van der Waals surface area (Å²) in [6.07, 6.45) is 1.33. The van der Waals surface area contributed by atoms with Crippen LogP contribution in [-0.2, 0) is 24.8 Å². The van der Waals surface area contributed by atoms with Crippen molar-refractivity contribution in [2.75, 3.05) is 12.4 Å². The van der Waals surface area contributed by atoms with Crippen LogP contribution in [0, 0.1) is 6.92 Å². The number of hydrogen-bond acceptors (Lipinski definition) is 2. The average Bonchev–Trinajstić information content (AvgIpc) is 2.55. The van der Waals surface area contributed by atoms with E-state index in [-0.39, 0.29) is 5.91 Å². The molecule has 0 spiro atoms. The van der Waals surface area contributed by atoms with Crippen molar-refractivity contribution in [3.8, 4) is 0 Å². The lowest BCUT2D eigenvalue weighted by atomic mass is 10.0. The minimum Gasteiger partial charge on any atom is -0.336 e. The number of carbonyl (C=O) groups excluding carboxylic acids is 1. The zero-order valence-electron chi connectivity index (χ0n) is 9.66. The Morgan fingerprint density at radius 2 is 2.31 bits per heavy atom. The number of fused-ring (bicyclic) bond motifs is 1. The van der Waals surface area contributed by atoms with Gasteiger partial charge in [-0.25, -0.2) is 0 Å². The number of aromatic nitrogens is 2. The summed E-state index contributed by atoms with van der Waals surface area (Å²) in [6, 6.07) is 0. The van der Waals surface area contributed by atoms with Gasteiger partial charge in [0.2, 0.25) is 5.91 Å². The maximum Gasteiger partial charge on any atom is 0.224 e. The van der Waals surface area contributed by atoms with Gasteiger partial charge in [0.05, 0.1) is 17.9 Å². The fourth-order valence-corrected chi connectivity index (χ4v) is 2.39. The van der Waals surface area contributed by atoms with Crippen LogP contribution in [0.15, 0.2) is 0 Å². The average molecular weight is 242 g/mol. The maximum atomic E-state index is 11.7. The summed E-state index contributed by atoms with van der Waals surface area (Å²) in [5.41, 5.74) is 3.55. The van der Waals surface area contributed by atoms with Crippen LogP contribution >= 0.6 is 11.6 Å². The van der Waals surface area contributed by atoms with Crippen molar-refractivity contribution in [2.24, 2.45) is 7.05 Å². The molecule has 1 aromatic rings. The molecule has 0 saturated heterocycles. The van der Waals surface area contributed by atoms with E-state index < -0.39 is 0 Å². The molecule has 0 bridgehead atoms. The fraction of sp³-hybridized carbons (Fsp3) is 0.636. The first-order valence-electron chi connectivity index (χ1n) is 5.48. The van der Waals surface area contributed by atoms with Crippen molar-refractivity contribution in [1.29, 1.82) is 0 Å². The molecule has 1 aliphatic heterocycles. The summed E-state index contributed by atoms with van der Waals surface area (Å²) in [6.45, 7) is 3.48. The van der Waals surface area contributed by atoms with E-state index in [2.05, 4.69) is 5.10 Å². The summed E-state index contributed by atoms with van der Waals surface area (Å²) in [4.78, 5) is 13.6. The third kappa shape index (κ3) is 1.94. The number of carbonyl (C=O) groups is 1. The molecule has 4 nitrogen and oxygen atoms in total. The molecule has 2 rings (SSSR count). The van der Waals surface area contributed by atoms with Gasteiger partial charge >= 0.3 is 0 Å². The molecular weight excluding hydrogens is 226 g/mol. The highest BCUT2D eigenvalue weighted by Crippen LogP contribution is 2.21. The van der Waals surface area contributed by atoms with E-state index >= 15 is 0 Å². The van der Waals surface area contributed by atoms with Crippen molar-refractivity contribution in [1.82, 2.24) is 14.7 Å². The normalized spacial score (nSPS) is 15.1. The van der Waals surface area contributed by atoms with Crippen LogP contribution in [0.1, 0.15) is 23.4 Å². The van der Waals surface area contributed by atoms with Crippen molar-refractivity contribution in [2.45, 2.75) is 26.3 Å². The van der Waals surface area contributed by atoms with Crippen LogP contribution in [0.25, 0.3) is 0 Å². The summed E-state index contributed by atoms with van der Waals surface area (Å²) >= 11 is 5.59. The largest absolute Gasteiger partial charge is 0.336 e. The Hall–Kier alpha value is -1.03. The Labute approximate surface area is 100 Å². The molecule has 0 saturated carbocycles. The standard InChI is InChI=1S/C11H16ClN3O/c1-8-9-4-6-15(11(16)3-5-12)7-10(9)14(2)13-8/h3-7H2,1-2H3. The van der Waals surface area contributed by atoms with Crippen molar-refractivity contribution < 1.29 is 4.79 Å². The first-order valence-corrected chi connectivity index (χ1v) is 6.02. The van der Waals surface area contributed by atoms with Gasteiger partial charge in [-0.3, -0.25) is 9.48 Å². The number of alkyl halides is 1. The van der Waals surface area contributed by atoms with Crippen LogP contribution in [0.2, 0.25) is 0 Å². The van der Waals surface area contributed by atoms with Crippen LogP contribution < -0.4 is 0 Å². The van der Waals surface area contributed by atoms with Crippen molar-refractivity contribution >= 4 is 17.5 Å². The van der Waals surface area contributed by atoms with Crippen LogP contribution in [0.4, 0.5) is 0 Å². The highest BCUT2D eigenvalue weighted by atomic mass is 35.5. The Kier molecular flexibility index (Phi) is 3.19. The minimum absolute atomic E-state index is 0.138. The van der Waals surface area contributed by atoms with E-state index in [4.69, 9.17) is 11.6 Å². The molecule has 2 heterocycles. The second kappa shape index (κ2) is 4.45. The molecule has 16 heavy (non-hydrogen) atoms. The van der Waals surface area contributed by atoms with E-state index in [0.717, 1.165) is 24.4 Å². The SMILES string of the molecule is Cc1nn(C)c2c1CCN(C(=O)CCCl)C2. The summed E-state index contributed by atoms with van der Waals surface area (Å²) in [5, 5.41) is 4.39. The molecule has 0 atom stereocenters. The second-order valence-electron chi connectivity index (χ2n) is 4.14.